The summed E-state index contributed by atoms with van der Waals surface area (Å²) in [5, 5.41) is 0. The van der Waals surface area contributed by atoms with Crippen molar-refractivity contribution in [2.75, 3.05) is 24.7 Å². The van der Waals surface area contributed by atoms with Gasteiger partial charge in [-0.15, -0.1) is 0 Å². The Labute approximate surface area is 149 Å². The van der Waals surface area contributed by atoms with Gasteiger partial charge in [0.25, 0.3) is 5.91 Å². The summed E-state index contributed by atoms with van der Waals surface area (Å²) in [6.45, 7) is 3.33. The number of hydrogen-bond acceptors (Lipinski definition) is 4. The van der Waals surface area contributed by atoms with E-state index in [1.54, 1.807) is 4.90 Å². The molecule has 0 radical (unpaired) electrons. The first-order chi connectivity index (χ1) is 11.6. The summed E-state index contributed by atoms with van der Waals surface area (Å²) in [6.07, 6.45) is 1.70. The van der Waals surface area contributed by atoms with E-state index in [9.17, 15) is 4.79 Å². The third-order valence-corrected chi connectivity index (χ3v) is 4.28. The molecule has 2 heterocycles. The van der Waals surface area contributed by atoms with E-state index in [0.29, 0.717) is 29.3 Å². The molecule has 1 amide bonds. The number of carbonyl (C=O) groups is 1. The molecule has 0 N–H and O–H groups in total. The van der Waals surface area contributed by atoms with Crippen molar-refractivity contribution in [2.24, 2.45) is 0 Å². The van der Waals surface area contributed by atoms with E-state index in [1.807, 2.05) is 43.3 Å². The molecule has 1 aliphatic heterocycles. The predicted molar refractivity (Wildman–Crippen MR) is 95.7 cm³/mol. The molecule has 3 rings (SSSR count). The maximum Gasteiger partial charge on any atom is 0.266 e. The number of halogens is 1. The number of aryl methyl sites for hydroxylation is 1. The van der Waals surface area contributed by atoms with Gasteiger partial charge in [0.05, 0.1) is 6.61 Å². The molecule has 0 bridgehead atoms. The van der Waals surface area contributed by atoms with Gasteiger partial charge in [0, 0.05) is 6.54 Å². The molecule has 0 aliphatic carbocycles. The van der Waals surface area contributed by atoms with Crippen LogP contribution < -0.4 is 14.4 Å². The second-order valence-corrected chi connectivity index (χ2v) is 6.42. The number of hydrogen-bond donors (Lipinski definition) is 0. The lowest BCUT2D eigenvalue weighted by Crippen LogP contribution is -2.40. The first-order valence-electron chi connectivity index (χ1n) is 7.93. The summed E-state index contributed by atoms with van der Waals surface area (Å²) in [7, 11) is 0. The largest absolute Gasteiger partial charge is 0.493 e. The first-order valence-corrected chi connectivity index (χ1v) is 8.72. The fourth-order valence-corrected chi connectivity index (χ4v) is 2.86. The molecule has 24 heavy (non-hydrogen) atoms. The molecule has 0 atom stereocenters. The van der Waals surface area contributed by atoms with Gasteiger partial charge in [-0.05, 0) is 59.5 Å². The minimum atomic E-state index is -0.0621. The monoisotopic (exact) mass is 390 g/mol. The molecule has 0 fully saturated rings. The number of benzene rings is 1. The Morgan fingerprint density at radius 3 is 2.92 bits per heavy atom. The molecule has 1 aliphatic rings. The zero-order chi connectivity index (χ0) is 16.9. The molecule has 2 aromatic rings. The van der Waals surface area contributed by atoms with Crippen molar-refractivity contribution >= 4 is 27.7 Å². The highest BCUT2D eigenvalue weighted by atomic mass is 79.9. The Bertz CT molecular complexity index is 736. The van der Waals surface area contributed by atoms with Crippen molar-refractivity contribution in [3.05, 3.63) is 46.6 Å². The summed E-state index contributed by atoms with van der Waals surface area (Å²) in [5.41, 5.74) is 1.13. The number of para-hydroxylation sites is 1. The number of fused-ring (bicyclic) bond motifs is 1. The van der Waals surface area contributed by atoms with Gasteiger partial charge in [0.1, 0.15) is 10.4 Å². The van der Waals surface area contributed by atoms with Crippen LogP contribution in [-0.2, 0) is 4.79 Å². The zero-order valence-electron chi connectivity index (χ0n) is 13.5. The Balaban J connectivity index is 1.53. The standard InChI is InChI=1S/C18H19BrN2O3/c1-13-6-2-3-7-14(13)23-11-5-4-10-21-17(22)12-24-15-8-9-16(19)20-18(15)21/h2-3,6-9H,4-5,10-12H2,1H3. The Hall–Kier alpha value is -2.08. The van der Waals surface area contributed by atoms with Crippen LogP contribution in [0.2, 0.25) is 0 Å². The van der Waals surface area contributed by atoms with Gasteiger partial charge in [0.15, 0.2) is 18.2 Å². The molecule has 0 spiro atoms. The van der Waals surface area contributed by atoms with Gasteiger partial charge in [-0.1, -0.05) is 18.2 Å². The fourth-order valence-electron chi connectivity index (χ4n) is 2.56. The number of unbranched alkanes of at least 4 members (excludes halogenated alkanes) is 1. The Morgan fingerprint density at radius 1 is 1.25 bits per heavy atom. The summed E-state index contributed by atoms with van der Waals surface area (Å²) in [4.78, 5) is 18.2. The lowest BCUT2D eigenvalue weighted by atomic mass is 10.2. The second-order valence-electron chi connectivity index (χ2n) is 5.61. The van der Waals surface area contributed by atoms with Crippen LogP contribution in [-0.4, -0.2) is 30.6 Å². The molecular weight excluding hydrogens is 372 g/mol. The molecule has 126 valence electrons. The Kier molecular flexibility index (Phi) is 5.35. The van der Waals surface area contributed by atoms with Crippen LogP contribution in [0.1, 0.15) is 18.4 Å². The van der Waals surface area contributed by atoms with Gasteiger partial charge < -0.3 is 9.47 Å². The number of ether oxygens (including phenoxy) is 2. The highest BCUT2D eigenvalue weighted by Gasteiger charge is 2.26. The highest BCUT2D eigenvalue weighted by Crippen LogP contribution is 2.31. The van der Waals surface area contributed by atoms with Crippen LogP contribution in [0.15, 0.2) is 41.0 Å². The average molecular weight is 391 g/mol. The maximum atomic E-state index is 12.1. The molecule has 0 unspecified atom stereocenters. The summed E-state index contributed by atoms with van der Waals surface area (Å²) < 4.78 is 11.9. The minimum Gasteiger partial charge on any atom is -0.493 e. The molecule has 0 saturated heterocycles. The third kappa shape index (κ3) is 3.87. The molecule has 0 saturated carbocycles. The normalized spacial score (nSPS) is 13.4. The number of carbonyl (C=O) groups excluding carboxylic acids is 1. The second kappa shape index (κ2) is 7.66. The summed E-state index contributed by atoms with van der Waals surface area (Å²) in [6, 6.07) is 11.6. The van der Waals surface area contributed by atoms with E-state index in [-0.39, 0.29) is 12.5 Å². The SMILES string of the molecule is Cc1ccccc1OCCCCN1C(=O)COc2ccc(Br)nc21. The first kappa shape index (κ1) is 16.8. The van der Waals surface area contributed by atoms with Gasteiger partial charge in [-0.25, -0.2) is 4.98 Å². The van der Waals surface area contributed by atoms with Crippen molar-refractivity contribution in [3.63, 3.8) is 0 Å². The zero-order valence-corrected chi connectivity index (χ0v) is 15.1. The van der Waals surface area contributed by atoms with Gasteiger partial charge in [0.2, 0.25) is 0 Å². The van der Waals surface area contributed by atoms with Gasteiger partial charge >= 0.3 is 0 Å². The van der Waals surface area contributed by atoms with E-state index in [2.05, 4.69) is 20.9 Å². The highest BCUT2D eigenvalue weighted by molar-refractivity contribution is 9.10. The van der Waals surface area contributed by atoms with Crippen molar-refractivity contribution < 1.29 is 14.3 Å². The molecule has 5 nitrogen and oxygen atoms in total. The van der Waals surface area contributed by atoms with Crippen LogP contribution >= 0.6 is 15.9 Å². The topological polar surface area (TPSA) is 51.7 Å². The number of anilines is 1. The third-order valence-electron chi connectivity index (χ3n) is 3.84. The van der Waals surface area contributed by atoms with E-state index in [4.69, 9.17) is 9.47 Å². The molecule has 1 aromatic carbocycles. The lowest BCUT2D eigenvalue weighted by molar-refractivity contribution is -0.121. The Morgan fingerprint density at radius 2 is 2.08 bits per heavy atom. The quantitative estimate of drug-likeness (QED) is 0.556. The smallest absolute Gasteiger partial charge is 0.266 e. The van der Waals surface area contributed by atoms with Crippen LogP contribution in [0, 0.1) is 6.92 Å². The predicted octanol–water partition coefficient (Wildman–Crippen LogP) is 3.74. The number of rotatable bonds is 6. The van der Waals surface area contributed by atoms with Gasteiger partial charge in [-0.2, -0.15) is 0 Å². The summed E-state index contributed by atoms with van der Waals surface area (Å²) in [5.74, 6) is 2.08. The van der Waals surface area contributed by atoms with Crippen LogP contribution in [0.5, 0.6) is 11.5 Å². The molecule has 6 heteroatoms. The van der Waals surface area contributed by atoms with Crippen LogP contribution in [0.4, 0.5) is 5.82 Å². The van der Waals surface area contributed by atoms with Gasteiger partial charge in [-0.3, -0.25) is 9.69 Å². The van der Waals surface area contributed by atoms with E-state index < -0.39 is 0 Å². The molecule has 1 aromatic heterocycles. The van der Waals surface area contributed by atoms with Crippen LogP contribution in [0.25, 0.3) is 0 Å². The number of aromatic nitrogens is 1. The van der Waals surface area contributed by atoms with Crippen molar-refractivity contribution in [2.45, 2.75) is 19.8 Å². The van der Waals surface area contributed by atoms with E-state index in [1.165, 1.54) is 0 Å². The number of amides is 1. The summed E-state index contributed by atoms with van der Waals surface area (Å²) >= 11 is 3.34. The van der Waals surface area contributed by atoms with Crippen molar-refractivity contribution in [1.82, 2.24) is 4.98 Å². The lowest BCUT2D eigenvalue weighted by Gasteiger charge is -2.28. The fraction of sp³-hybridized carbons (Fsp3) is 0.333. The minimum absolute atomic E-state index is 0.0621. The molecular formula is C18H19BrN2O3. The van der Waals surface area contributed by atoms with E-state index >= 15 is 0 Å². The van der Waals surface area contributed by atoms with Crippen molar-refractivity contribution in [1.29, 1.82) is 0 Å². The average Bonchev–Trinajstić information content (AvgIpc) is 2.58. The number of pyridine rings is 1. The maximum absolute atomic E-state index is 12.1. The number of nitrogens with zero attached hydrogens (tertiary/aromatic N) is 2. The van der Waals surface area contributed by atoms with Crippen molar-refractivity contribution in [3.8, 4) is 11.5 Å². The van der Waals surface area contributed by atoms with Crippen LogP contribution in [0.3, 0.4) is 0 Å². The van der Waals surface area contributed by atoms with E-state index in [0.717, 1.165) is 24.2 Å².